The van der Waals surface area contributed by atoms with E-state index in [1.807, 2.05) is 30.3 Å². The molecule has 0 aliphatic heterocycles. The standard InChI is InChI=1S/C11H13NO2/c1-9(12-13)3-4-10-5-7-11(14-2)8-6-10/h3-8,13H,1-2H3/b4-3+,12-9-. The van der Waals surface area contributed by atoms with Crippen LogP contribution in [0, 0.1) is 0 Å². The van der Waals surface area contributed by atoms with Crippen molar-refractivity contribution < 1.29 is 9.94 Å². The van der Waals surface area contributed by atoms with Crippen LogP contribution in [0.5, 0.6) is 5.75 Å². The number of allylic oxidation sites excluding steroid dienone is 1. The minimum absolute atomic E-state index is 0.570. The molecule has 1 aromatic carbocycles. The molecule has 0 heterocycles. The second-order valence-corrected chi connectivity index (χ2v) is 2.85. The van der Waals surface area contributed by atoms with Gasteiger partial charge < -0.3 is 9.94 Å². The molecule has 1 N–H and O–H groups in total. The third-order valence-electron chi connectivity index (χ3n) is 1.79. The third-order valence-corrected chi connectivity index (χ3v) is 1.79. The lowest BCUT2D eigenvalue weighted by Crippen LogP contribution is -1.84. The van der Waals surface area contributed by atoms with Gasteiger partial charge in [-0.25, -0.2) is 0 Å². The van der Waals surface area contributed by atoms with Gasteiger partial charge in [-0.2, -0.15) is 0 Å². The third kappa shape index (κ3) is 2.94. The summed E-state index contributed by atoms with van der Waals surface area (Å²) in [5.74, 6) is 0.828. The molecule has 0 amide bonds. The topological polar surface area (TPSA) is 41.8 Å². The number of nitrogens with zero attached hydrogens (tertiary/aromatic N) is 1. The van der Waals surface area contributed by atoms with E-state index in [2.05, 4.69) is 5.16 Å². The zero-order chi connectivity index (χ0) is 10.4. The summed E-state index contributed by atoms with van der Waals surface area (Å²) in [6.45, 7) is 1.72. The molecule has 3 nitrogen and oxygen atoms in total. The van der Waals surface area contributed by atoms with E-state index >= 15 is 0 Å². The van der Waals surface area contributed by atoms with Crippen molar-refractivity contribution in [2.75, 3.05) is 7.11 Å². The smallest absolute Gasteiger partial charge is 0.118 e. The Morgan fingerprint density at radius 1 is 1.36 bits per heavy atom. The molecule has 1 rings (SSSR count). The van der Waals surface area contributed by atoms with Crippen molar-refractivity contribution in [2.45, 2.75) is 6.92 Å². The average molecular weight is 191 g/mol. The summed E-state index contributed by atoms with van der Waals surface area (Å²) >= 11 is 0. The number of rotatable bonds is 3. The van der Waals surface area contributed by atoms with Crippen LogP contribution in [0.2, 0.25) is 0 Å². The van der Waals surface area contributed by atoms with Crippen molar-refractivity contribution in [1.29, 1.82) is 0 Å². The van der Waals surface area contributed by atoms with Crippen LogP contribution in [-0.4, -0.2) is 18.0 Å². The fourth-order valence-corrected chi connectivity index (χ4v) is 0.965. The second kappa shape index (κ2) is 5.07. The SMILES string of the molecule is COc1ccc(/C=C/C(C)=N\O)cc1. The molecule has 0 aliphatic rings. The van der Waals surface area contributed by atoms with Crippen LogP contribution in [0.1, 0.15) is 12.5 Å². The van der Waals surface area contributed by atoms with Gasteiger partial charge in [0.1, 0.15) is 5.75 Å². The normalized spacial score (nSPS) is 12.0. The predicted molar refractivity (Wildman–Crippen MR) is 56.9 cm³/mol. The number of ether oxygens (including phenoxy) is 1. The fourth-order valence-electron chi connectivity index (χ4n) is 0.965. The van der Waals surface area contributed by atoms with Crippen molar-refractivity contribution in [3.8, 4) is 5.75 Å². The molecule has 14 heavy (non-hydrogen) atoms. The van der Waals surface area contributed by atoms with Crippen LogP contribution in [-0.2, 0) is 0 Å². The van der Waals surface area contributed by atoms with Gasteiger partial charge >= 0.3 is 0 Å². The molecule has 0 radical (unpaired) electrons. The molecule has 0 fully saturated rings. The molecular weight excluding hydrogens is 178 g/mol. The molecule has 0 unspecified atom stereocenters. The quantitative estimate of drug-likeness (QED) is 0.453. The molecular formula is C11H13NO2. The minimum atomic E-state index is 0.570. The monoisotopic (exact) mass is 191 g/mol. The van der Waals surface area contributed by atoms with Crippen LogP contribution < -0.4 is 4.74 Å². The molecule has 0 saturated heterocycles. The maximum atomic E-state index is 8.41. The van der Waals surface area contributed by atoms with E-state index < -0.39 is 0 Å². The van der Waals surface area contributed by atoms with Crippen molar-refractivity contribution in [3.05, 3.63) is 35.9 Å². The Bertz CT molecular complexity index is 339. The summed E-state index contributed by atoms with van der Waals surface area (Å²) in [4.78, 5) is 0. The zero-order valence-corrected chi connectivity index (χ0v) is 8.27. The van der Waals surface area contributed by atoms with Crippen LogP contribution in [0.4, 0.5) is 0 Å². The van der Waals surface area contributed by atoms with Crippen LogP contribution in [0.25, 0.3) is 6.08 Å². The lowest BCUT2D eigenvalue weighted by atomic mass is 10.2. The van der Waals surface area contributed by atoms with Gasteiger partial charge in [0.25, 0.3) is 0 Å². The van der Waals surface area contributed by atoms with Gasteiger partial charge in [0, 0.05) is 0 Å². The Balaban J connectivity index is 2.73. The fraction of sp³-hybridized carbons (Fsp3) is 0.182. The maximum Gasteiger partial charge on any atom is 0.118 e. The van der Waals surface area contributed by atoms with E-state index in [-0.39, 0.29) is 0 Å². The van der Waals surface area contributed by atoms with E-state index in [1.54, 1.807) is 20.1 Å². The first-order valence-electron chi connectivity index (χ1n) is 4.27. The molecule has 0 aromatic heterocycles. The summed E-state index contributed by atoms with van der Waals surface area (Å²) in [5, 5.41) is 11.5. The predicted octanol–water partition coefficient (Wildman–Crippen LogP) is 2.56. The molecule has 0 bridgehead atoms. The first-order valence-corrected chi connectivity index (χ1v) is 4.27. The molecule has 0 aliphatic carbocycles. The lowest BCUT2D eigenvalue weighted by molar-refractivity contribution is 0.319. The number of hydrogen-bond acceptors (Lipinski definition) is 3. The number of hydrogen-bond donors (Lipinski definition) is 1. The van der Waals surface area contributed by atoms with Gasteiger partial charge in [0.05, 0.1) is 12.8 Å². The number of methoxy groups -OCH3 is 1. The van der Waals surface area contributed by atoms with Crippen molar-refractivity contribution in [2.24, 2.45) is 5.16 Å². The Labute approximate surface area is 83.3 Å². The first kappa shape index (κ1) is 10.3. The second-order valence-electron chi connectivity index (χ2n) is 2.85. The van der Waals surface area contributed by atoms with E-state index in [0.29, 0.717) is 5.71 Å². The molecule has 1 aromatic rings. The van der Waals surface area contributed by atoms with Gasteiger partial charge in [-0.05, 0) is 30.7 Å². The summed E-state index contributed by atoms with van der Waals surface area (Å²) < 4.78 is 5.03. The summed E-state index contributed by atoms with van der Waals surface area (Å²) in [7, 11) is 1.63. The Morgan fingerprint density at radius 3 is 2.50 bits per heavy atom. The van der Waals surface area contributed by atoms with E-state index in [1.165, 1.54) is 0 Å². The minimum Gasteiger partial charge on any atom is -0.497 e. The molecule has 0 spiro atoms. The lowest BCUT2D eigenvalue weighted by Gasteiger charge is -1.98. The van der Waals surface area contributed by atoms with Crippen molar-refractivity contribution in [3.63, 3.8) is 0 Å². The van der Waals surface area contributed by atoms with Crippen molar-refractivity contribution in [1.82, 2.24) is 0 Å². The van der Waals surface area contributed by atoms with Crippen LogP contribution >= 0.6 is 0 Å². The highest BCUT2D eigenvalue weighted by Crippen LogP contribution is 2.12. The van der Waals surface area contributed by atoms with Gasteiger partial charge in [0.15, 0.2) is 0 Å². The van der Waals surface area contributed by atoms with Gasteiger partial charge in [0.2, 0.25) is 0 Å². The molecule has 74 valence electrons. The maximum absolute atomic E-state index is 8.41. The highest BCUT2D eigenvalue weighted by atomic mass is 16.5. The number of benzene rings is 1. The van der Waals surface area contributed by atoms with Gasteiger partial charge in [-0.15, -0.1) is 0 Å². The zero-order valence-electron chi connectivity index (χ0n) is 8.27. The van der Waals surface area contributed by atoms with Gasteiger partial charge in [-0.1, -0.05) is 23.4 Å². The largest absolute Gasteiger partial charge is 0.497 e. The highest BCUT2D eigenvalue weighted by Gasteiger charge is 1.90. The van der Waals surface area contributed by atoms with Gasteiger partial charge in [-0.3, -0.25) is 0 Å². The van der Waals surface area contributed by atoms with E-state index in [4.69, 9.17) is 9.94 Å². The molecule has 0 atom stereocenters. The number of oxime groups is 1. The summed E-state index contributed by atoms with van der Waals surface area (Å²) in [5.41, 5.74) is 1.61. The average Bonchev–Trinajstić information content (AvgIpc) is 2.26. The summed E-state index contributed by atoms with van der Waals surface area (Å²) in [6.07, 6.45) is 3.61. The van der Waals surface area contributed by atoms with E-state index in [0.717, 1.165) is 11.3 Å². The van der Waals surface area contributed by atoms with E-state index in [9.17, 15) is 0 Å². The molecule has 0 saturated carbocycles. The van der Waals surface area contributed by atoms with Crippen LogP contribution in [0.3, 0.4) is 0 Å². The van der Waals surface area contributed by atoms with Crippen LogP contribution in [0.15, 0.2) is 35.5 Å². The molecule has 3 heteroatoms. The first-order chi connectivity index (χ1) is 6.76. The highest BCUT2D eigenvalue weighted by molar-refractivity contribution is 5.95. The Morgan fingerprint density at radius 2 is 2.00 bits per heavy atom. The summed E-state index contributed by atoms with van der Waals surface area (Å²) in [6, 6.07) is 7.62. The van der Waals surface area contributed by atoms with Crippen molar-refractivity contribution >= 4 is 11.8 Å². The Hall–Kier alpha value is -1.77. The Kier molecular flexibility index (Phi) is 3.73.